The fourth-order valence-electron chi connectivity index (χ4n) is 6.78. The van der Waals surface area contributed by atoms with Crippen molar-refractivity contribution in [2.24, 2.45) is 23.2 Å². The van der Waals surface area contributed by atoms with Crippen molar-refractivity contribution in [1.82, 2.24) is 15.1 Å². The summed E-state index contributed by atoms with van der Waals surface area (Å²) in [7, 11) is 0. The summed E-state index contributed by atoms with van der Waals surface area (Å²) in [5.74, 6) is 2.80. The van der Waals surface area contributed by atoms with Crippen LogP contribution in [-0.2, 0) is 0 Å². The van der Waals surface area contributed by atoms with Crippen LogP contribution in [0.4, 0.5) is 4.79 Å². The average Bonchev–Trinajstić information content (AvgIpc) is 2.71. The first-order valence-electron chi connectivity index (χ1n) is 11.1. The van der Waals surface area contributed by atoms with Gasteiger partial charge in [-0.25, -0.2) is 4.79 Å². The minimum absolute atomic E-state index is 0.0254. The molecule has 156 valence electrons. The van der Waals surface area contributed by atoms with Crippen LogP contribution in [0.2, 0.25) is 0 Å². The van der Waals surface area contributed by atoms with Gasteiger partial charge in [-0.3, -0.25) is 4.79 Å². The van der Waals surface area contributed by atoms with Gasteiger partial charge in [0.1, 0.15) is 5.75 Å². The number of carbonyl (C=O) groups is 2. The lowest BCUT2D eigenvalue weighted by Gasteiger charge is -2.57. The molecule has 1 aromatic rings. The Kier molecular flexibility index (Phi) is 4.67. The van der Waals surface area contributed by atoms with Crippen LogP contribution in [0.25, 0.3) is 0 Å². The molecule has 5 aliphatic rings. The molecule has 6 nitrogen and oxygen atoms in total. The molecular weight excluding hydrogens is 366 g/mol. The number of hydrogen-bond acceptors (Lipinski definition) is 3. The standard InChI is InChI=1S/C23H31N3O3/c27-20-3-1-19(2-4-20)21(28)25-5-7-26(8-6-25)22(29)24-15-23-12-16-9-17(13-23)11-18(10-16)14-23/h1-4,16-18,27H,5-15H2,(H,24,29). The second kappa shape index (κ2) is 7.22. The number of phenols is 1. The Morgan fingerprint density at radius 1 is 0.897 bits per heavy atom. The molecule has 1 aromatic carbocycles. The van der Waals surface area contributed by atoms with Gasteiger partial charge in [0.15, 0.2) is 0 Å². The largest absolute Gasteiger partial charge is 0.508 e. The fraction of sp³-hybridized carbons (Fsp3) is 0.652. The highest BCUT2D eigenvalue weighted by atomic mass is 16.3. The molecule has 1 aliphatic heterocycles. The average molecular weight is 398 g/mol. The SMILES string of the molecule is O=C(NCC12CC3CC(CC(C3)C1)C2)N1CCN(C(=O)c2ccc(O)cc2)CC1. The Morgan fingerprint density at radius 3 is 1.97 bits per heavy atom. The van der Waals surface area contributed by atoms with Gasteiger partial charge >= 0.3 is 6.03 Å². The molecule has 1 saturated heterocycles. The molecule has 4 bridgehead atoms. The first-order chi connectivity index (χ1) is 14.0. The van der Waals surface area contributed by atoms with E-state index >= 15 is 0 Å². The van der Waals surface area contributed by atoms with E-state index in [4.69, 9.17) is 0 Å². The van der Waals surface area contributed by atoms with Gasteiger partial charge < -0.3 is 20.2 Å². The molecule has 0 spiro atoms. The summed E-state index contributed by atoms with van der Waals surface area (Å²) in [5, 5.41) is 12.6. The molecule has 0 radical (unpaired) electrons. The van der Waals surface area contributed by atoms with Gasteiger partial charge in [0, 0.05) is 38.3 Å². The number of carbonyl (C=O) groups excluding carboxylic acids is 2. The van der Waals surface area contributed by atoms with Crippen LogP contribution in [-0.4, -0.2) is 59.6 Å². The summed E-state index contributed by atoms with van der Waals surface area (Å²) < 4.78 is 0. The summed E-state index contributed by atoms with van der Waals surface area (Å²) >= 11 is 0. The van der Waals surface area contributed by atoms with E-state index in [2.05, 4.69) is 5.32 Å². The zero-order valence-electron chi connectivity index (χ0n) is 17.0. The number of amides is 3. The number of nitrogens with zero attached hydrogens (tertiary/aromatic N) is 2. The molecule has 3 amide bonds. The number of rotatable bonds is 3. The maximum absolute atomic E-state index is 12.8. The van der Waals surface area contributed by atoms with Gasteiger partial charge in [0.25, 0.3) is 5.91 Å². The number of benzene rings is 1. The normalized spacial score (nSPS) is 33.0. The van der Waals surface area contributed by atoms with Crippen molar-refractivity contribution < 1.29 is 14.7 Å². The first-order valence-corrected chi connectivity index (χ1v) is 11.1. The molecule has 4 saturated carbocycles. The molecule has 5 fully saturated rings. The minimum Gasteiger partial charge on any atom is -0.508 e. The number of nitrogens with one attached hydrogen (secondary N) is 1. The highest BCUT2D eigenvalue weighted by Crippen LogP contribution is 2.59. The third-order valence-electron chi connectivity index (χ3n) is 7.75. The predicted octanol–water partition coefficient (Wildman–Crippen LogP) is 3.08. The smallest absolute Gasteiger partial charge is 0.317 e. The topological polar surface area (TPSA) is 72.9 Å². The summed E-state index contributed by atoms with van der Waals surface area (Å²) in [4.78, 5) is 29.0. The summed E-state index contributed by atoms with van der Waals surface area (Å²) in [6.45, 7) is 3.05. The zero-order valence-corrected chi connectivity index (χ0v) is 17.0. The van der Waals surface area contributed by atoms with Crippen LogP contribution in [0, 0.1) is 23.2 Å². The van der Waals surface area contributed by atoms with Crippen LogP contribution in [0.3, 0.4) is 0 Å². The van der Waals surface area contributed by atoms with Crippen molar-refractivity contribution in [2.45, 2.75) is 38.5 Å². The predicted molar refractivity (Wildman–Crippen MR) is 110 cm³/mol. The zero-order chi connectivity index (χ0) is 20.0. The molecule has 0 aromatic heterocycles. The summed E-state index contributed by atoms with van der Waals surface area (Å²) in [6.07, 6.45) is 8.16. The van der Waals surface area contributed by atoms with Gasteiger partial charge in [-0.05, 0) is 86.0 Å². The van der Waals surface area contributed by atoms with Gasteiger partial charge in [0.2, 0.25) is 0 Å². The lowest BCUT2D eigenvalue weighted by molar-refractivity contribution is -0.0503. The van der Waals surface area contributed by atoms with Crippen molar-refractivity contribution in [3.05, 3.63) is 29.8 Å². The Morgan fingerprint density at radius 2 is 1.41 bits per heavy atom. The molecule has 4 aliphatic carbocycles. The Balaban J connectivity index is 1.12. The third-order valence-corrected chi connectivity index (χ3v) is 7.75. The summed E-state index contributed by atoms with van der Waals surface area (Å²) in [6, 6.07) is 6.37. The van der Waals surface area contributed by atoms with E-state index in [1.165, 1.54) is 50.7 Å². The molecule has 0 atom stereocenters. The maximum atomic E-state index is 12.8. The lowest BCUT2D eigenvalue weighted by atomic mass is 9.49. The first kappa shape index (κ1) is 18.8. The Hall–Kier alpha value is -2.24. The Bertz CT molecular complexity index is 748. The molecule has 2 N–H and O–H groups in total. The van der Waals surface area contributed by atoms with Crippen molar-refractivity contribution in [2.75, 3.05) is 32.7 Å². The van der Waals surface area contributed by atoms with Crippen molar-refractivity contribution in [1.29, 1.82) is 0 Å². The maximum Gasteiger partial charge on any atom is 0.317 e. The van der Waals surface area contributed by atoms with Crippen LogP contribution in [0.1, 0.15) is 48.9 Å². The van der Waals surface area contributed by atoms with Crippen LogP contribution in [0.5, 0.6) is 5.75 Å². The molecule has 6 rings (SSSR count). The van der Waals surface area contributed by atoms with Crippen molar-refractivity contribution in [3.63, 3.8) is 0 Å². The van der Waals surface area contributed by atoms with E-state index in [-0.39, 0.29) is 17.7 Å². The second-order valence-corrected chi connectivity index (χ2v) is 9.90. The van der Waals surface area contributed by atoms with Crippen LogP contribution >= 0.6 is 0 Å². The molecule has 1 heterocycles. The number of phenolic OH excluding ortho intramolecular Hbond substituents is 1. The van der Waals surface area contributed by atoms with Gasteiger partial charge in [-0.1, -0.05) is 0 Å². The van der Waals surface area contributed by atoms with Crippen molar-refractivity contribution >= 4 is 11.9 Å². The Labute approximate surface area is 172 Å². The van der Waals surface area contributed by atoms with Gasteiger partial charge in [-0.2, -0.15) is 0 Å². The minimum atomic E-state index is -0.0429. The summed E-state index contributed by atoms with van der Waals surface area (Å²) in [5.41, 5.74) is 0.920. The second-order valence-electron chi connectivity index (χ2n) is 9.90. The fourth-order valence-corrected chi connectivity index (χ4v) is 6.78. The van der Waals surface area contributed by atoms with Crippen LogP contribution in [0.15, 0.2) is 24.3 Å². The molecule has 29 heavy (non-hydrogen) atoms. The quantitative estimate of drug-likeness (QED) is 0.823. The van der Waals surface area contributed by atoms with E-state index in [0.717, 1.165) is 24.3 Å². The lowest BCUT2D eigenvalue weighted by Crippen LogP contribution is -2.56. The van der Waals surface area contributed by atoms with E-state index in [0.29, 0.717) is 37.2 Å². The highest BCUT2D eigenvalue weighted by Gasteiger charge is 2.50. The van der Waals surface area contributed by atoms with Gasteiger partial charge in [-0.15, -0.1) is 0 Å². The van der Waals surface area contributed by atoms with E-state index in [1.807, 2.05) is 4.90 Å². The number of aromatic hydroxyl groups is 1. The number of piperazine rings is 1. The molecule has 6 heteroatoms. The highest BCUT2D eigenvalue weighted by molar-refractivity contribution is 5.94. The van der Waals surface area contributed by atoms with Crippen LogP contribution < -0.4 is 5.32 Å². The van der Waals surface area contributed by atoms with Gasteiger partial charge in [0.05, 0.1) is 0 Å². The monoisotopic (exact) mass is 397 g/mol. The number of hydrogen-bond donors (Lipinski definition) is 2. The van der Waals surface area contributed by atoms with E-state index < -0.39 is 0 Å². The van der Waals surface area contributed by atoms with Crippen molar-refractivity contribution in [3.8, 4) is 5.75 Å². The molecular formula is C23H31N3O3. The van der Waals surface area contributed by atoms with E-state index in [9.17, 15) is 14.7 Å². The molecule has 0 unspecified atom stereocenters. The number of urea groups is 1. The third kappa shape index (κ3) is 3.69. The van der Waals surface area contributed by atoms with E-state index in [1.54, 1.807) is 17.0 Å².